The molecule has 1 amide bonds. The second-order valence-corrected chi connectivity index (χ2v) is 10.9. The number of carbonyl (C=O) groups is 2. The Morgan fingerprint density at radius 1 is 1.15 bits per heavy atom. The molecule has 34 heavy (non-hydrogen) atoms. The predicted molar refractivity (Wildman–Crippen MR) is 136 cm³/mol. The predicted octanol–water partition coefficient (Wildman–Crippen LogP) is 5.85. The number of hydrogen-bond donors (Lipinski definition) is 1. The van der Waals surface area contributed by atoms with Crippen molar-refractivity contribution in [2.24, 2.45) is 0 Å². The first-order valence-electron chi connectivity index (χ1n) is 12.3. The number of hydrogen-bond acceptors (Lipinski definition) is 7. The van der Waals surface area contributed by atoms with Crippen molar-refractivity contribution in [3.05, 3.63) is 38.9 Å². The molecule has 2 aromatic rings. The summed E-state index contributed by atoms with van der Waals surface area (Å²) in [7, 11) is 0. The van der Waals surface area contributed by atoms with Gasteiger partial charge in [-0.3, -0.25) is 4.79 Å². The maximum absolute atomic E-state index is 12.8. The van der Waals surface area contributed by atoms with E-state index in [1.165, 1.54) is 40.0 Å². The van der Waals surface area contributed by atoms with E-state index in [9.17, 15) is 14.9 Å². The highest BCUT2D eigenvalue weighted by Gasteiger charge is 2.26. The van der Waals surface area contributed by atoms with Crippen LogP contribution >= 0.6 is 23.1 Å². The van der Waals surface area contributed by atoms with Gasteiger partial charge in [0, 0.05) is 22.7 Å². The second-order valence-electron chi connectivity index (χ2n) is 8.76. The summed E-state index contributed by atoms with van der Waals surface area (Å²) in [6.07, 6.45) is 10.8. The van der Waals surface area contributed by atoms with E-state index in [0.29, 0.717) is 33.5 Å². The van der Waals surface area contributed by atoms with E-state index < -0.39 is 0 Å². The van der Waals surface area contributed by atoms with Crippen molar-refractivity contribution in [3.63, 3.8) is 0 Å². The molecule has 0 spiro atoms. The summed E-state index contributed by atoms with van der Waals surface area (Å²) in [6.45, 7) is 2.10. The van der Waals surface area contributed by atoms with Crippen molar-refractivity contribution < 1.29 is 14.3 Å². The topological polar surface area (TPSA) is 92.1 Å². The molecule has 2 aliphatic rings. The third-order valence-corrected chi connectivity index (χ3v) is 8.56. The van der Waals surface area contributed by atoms with Gasteiger partial charge in [-0.2, -0.15) is 5.26 Å². The van der Waals surface area contributed by atoms with Crippen LogP contribution in [0, 0.1) is 11.3 Å². The number of aryl methyl sites for hydroxylation is 3. The minimum absolute atomic E-state index is 0.136. The average Bonchev–Trinajstić information content (AvgIpc) is 2.98. The lowest BCUT2D eigenvalue weighted by Crippen LogP contribution is -2.15. The van der Waals surface area contributed by atoms with E-state index in [2.05, 4.69) is 11.4 Å². The number of nitriles is 1. The van der Waals surface area contributed by atoms with E-state index in [1.807, 2.05) is 6.07 Å². The molecule has 1 N–H and O–H groups in total. The summed E-state index contributed by atoms with van der Waals surface area (Å²) in [5.74, 6) is 0.0358. The van der Waals surface area contributed by atoms with Gasteiger partial charge in [-0.15, -0.1) is 23.1 Å². The number of fused-ring (bicyclic) bond motifs is 2. The molecule has 0 atom stereocenters. The number of rotatable bonds is 7. The summed E-state index contributed by atoms with van der Waals surface area (Å²) in [5, 5.41) is 13.9. The molecule has 8 heteroatoms. The number of pyridine rings is 1. The largest absolute Gasteiger partial charge is 0.462 e. The summed E-state index contributed by atoms with van der Waals surface area (Å²) >= 11 is 2.97. The van der Waals surface area contributed by atoms with Gasteiger partial charge in [0.1, 0.15) is 16.1 Å². The quantitative estimate of drug-likeness (QED) is 0.293. The van der Waals surface area contributed by atoms with Gasteiger partial charge in [0.15, 0.2) is 0 Å². The van der Waals surface area contributed by atoms with Crippen LogP contribution in [0.5, 0.6) is 0 Å². The van der Waals surface area contributed by atoms with Crippen molar-refractivity contribution in [2.75, 3.05) is 17.7 Å². The van der Waals surface area contributed by atoms with E-state index in [0.717, 1.165) is 69.0 Å². The molecule has 180 valence electrons. The first-order valence-corrected chi connectivity index (χ1v) is 14.1. The Kier molecular flexibility index (Phi) is 8.63. The van der Waals surface area contributed by atoms with Gasteiger partial charge in [0.25, 0.3) is 0 Å². The first-order chi connectivity index (χ1) is 16.6. The second kappa shape index (κ2) is 11.9. The Bertz CT molecular complexity index is 1100. The van der Waals surface area contributed by atoms with Gasteiger partial charge in [-0.25, -0.2) is 9.78 Å². The number of thioether (sulfide) groups is 1. The van der Waals surface area contributed by atoms with Crippen LogP contribution in [0.25, 0.3) is 0 Å². The molecule has 2 aromatic heterocycles. The van der Waals surface area contributed by atoms with Crippen molar-refractivity contribution in [1.82, 2.24) is 4.98 Å². The number of nitrogens with one attached hydrogen (secondary N) is 1. The van der Waals surface area contributed by atoms with Gasteiger partial charge < -0.3 is 10.1 Å². The van der Waals surface area contributed by atoms with Crippen molar-refractivity contribution in [2.45, 2.75) is 82.6 Å². The lowest BCUT2D eigenvalue weighted by molar-refractivity contribution is -0.115. The summed E-state index contributed by atoms with van der Waals surface area (Å²) < 4.78 is 5.31. The molecule has 0 unspecified atom stereocenters. The number of aromatic nitrogens is 1. The first kappa shape index (κ1) is 24.7. The van der Waals surface area contributed by atoms with E-state index >= 15 is 0 Å². The van der Waals surface area contributed by atoms with Gasteiger partial charge in [-0.05, 0) is 75.5 Å². The van der Waals surface area contributed by atoms with Crippen LogP contribution in [0.3, 0.4) is 0 Å². The summed E-state index contributed by atoms with van der Waals surface area (Å²) in [6, 6.07) is 4.26. The molecule has 0 saturated carbocycles. The molecule has 0 bridgehead atoms. The summed E-state index contributed by atoms with van der Waals surface area (Å²) in [5.41, 5.74) is 4.49. The summed E-state index contributed by atoms with van der Waals surface area (Å²) in [4.78, 5) is 31.5. The third kappa shape index (κ3) is 5.81. The van der Waals surface area contributed by atoms with Crippen LogP contribution in [0.15, 0.2) is 11.1 Å². The molecule has 0 fully saturated rings. The number of anilines is 1. The highest BCUT2D eigenvalue weighted by Crippen LogP contribution is 2.38. The smallest absolute Gasteiger partial charge is 0.341 e. The minimum atomic E-state index is -0.348. The molecule has 0 aromatic carbocycles. The fourth-order valence-corrected chi connectivity index (χ4v) is 6.87. The Balaban J connectivity index is 1.43. The zero-order chi connectivity index (χ0) is 23.9. The normalized spacial score (nSPS) is 15.3. The molecule has 4 rings (SSSR count). The number of thiophene rings is 1. The highest BCUT2D eigenvalue weighted by molar-refractivity contribution is 7.99. The molecular formula is C26H31N3O3S2. The Morgan fingerprint density at radius 3 is 2.71 bits per heavy atom. The number of carbonyl (C=O) groups excluding carboxylic acids is 2. The standard InChI is InChI=1S/C26H31N3O3S2/c1-2-32-26(31)23-19-10-6-4-8-12-21(19)34-25(23)29-22(30)13-14-33-24-18(16-27)15-17-9-5-3-7-11-20(17)28-24/h15H,2-14H2,1H3,(H,29,30). The van der Waals surface area contributed by atoms with Crippen molar-refractivity contribution in [1.29, 1.82) is 5.26 Å². The van der Waals surface area contributed by atoms with Gasteiger partial charge in [0.05, 0.1) is 17.7 Å². The van der Waals surface area contributed by atoms with Crippen LogP contribution in [0.2, 0.25) is 0 Å². The fraction of sp³-hybridized carbons (Fsp3) is 0.538. The molecule has 0 radical (unpaired) electrons. The molecule has 0 aliphatic heterocycles. The van der Waals surface area contributed by atoms with E-state index in [1.54, 1.807) is 6.92 Å². The minimum Gasteiger partial charge on any atom is -0.462 e. The Hall–Kier alpha value is -2.37. The van der Waals surface area contributed by atoms with E-state index in [4.69, 9.17) is 9.72 Å². The molecule has 6 nitrogen and oxygen atoms in total. The maximum atomic E-state index is 12.8. The monoisotopic (exact) mass is 497 g/mol. The molecule has 2 heterocycles. The Morgan fingerprint density at radius 2 is 1.91 bits per heavy atom. The lowest BCUT2D eigenvalue weighted by atomic mass is 10.1. The van der Waals surface area contributed by atoms with Gasteiger partial charge >= 0.3 is 5.97 Å². The van der Waals surface area contributed by atoms with Crippen LogP contribution in [-0.4, -0.2) is 29.2 Å². The van der Waals surface area contributed by atoms with Crippen molar-refractivity contribution in [3.8, 4) is 6.07 Å². The maximum Gasteiger partial charge on any atom is 0.341 e. The van der Waals surface area contributed by atoms with Gasteiger partial charge in [-0.1, -0.05) is 12.8 Å². The van der Waals surface area contributed by atoms with E-state index in [-0.39, 0.29) is 18.3 Å². The number of ether oxygens (including phenoxy) is 1. The lowest BCUT2D eigenvalue weighted by Gasteiger charge is -2.10. The number of esters is 1. The third-order valence-electron chi connectivity index (χ3n) is 6.36. The van der Waals surface area contributed by atoms with Crippen LogP contribution in [0.1, 0.15) is 89.5 Å². The highest BCUT2D eigenvalue weighted by atomic mass is 32.2. The SMILES string of the molecule is CCOC(=O)c1c(NC(=O)CCSc2nc3c(cc2C#N)CCCCC3)sc2c1CCCCC2. The van der Waals surface area contributed by atoms with Gasteiger partial charge in [0.2, 0.25) is 5.91 Å². The fourth-order valence-electron chi connectivity index (χ4n) is 4.66. The molecule has 2 aliphatic carbocycles. The van der Waals surface area contributed by atoms with Crippen molar-refractivity contribution >= 4 is 40.0 Å². The number of nitrogens with zero attached hydrogens (tertiary/aromatic N) is 2. The zero-order valence-electron chi connectivity index (χ0n) is 19.7. The Labute approximate surface area is 209 Å². The molecule has 0 saturated heterocycles. The number of amides is 1. The van der Waals surface area contributed by atoms with Crippen LogP contribution in [-0.2, 0) is 35.2 Å². The zero-order valence-corrected chi connectivity index (χ0v) is 21.3. The van der Waals surface area contributed by atoms with Crippen LogP contribution in [0.4, 0.5) is 5.00 Å². The van der Waals surface area contributed by atoms with Crippen LogP contribution < -0.4 is 5.32 Å². The average molecular weight is 498 g/mol. The molecular weight excluding hydrogens is 466 g/mol.